The maximum absolute atomic E-state index is 9.90. The molecule has 0 bridgehead atoms. The lowest BCUT2D eigenvalue weighted by molar-refractivity contribution is -0.00598. The average molecular weight is 251 g/mol. The molecular weight excluding hydrogens is 230 g/mol. The number of likely N-dealkylation sites (N-methyl/N-ethyl adjacent to an activating group) is 1. The first kappa shape index (κ1) is 13.3. The fraction of sp³-hybridized carbons (Fsp3) is 0.571. The van der Waals surface area contributed by atoms with E-state index in [1.165, 1.54) is 0 Å². The summed E-state index contributed by atoms with van der Waals surface area (Å²) in [5.41, 5.74) is 1.15. The van der Waals surface area contributed by atoms with Crippen LogP contribution in [0.3, 0.4) is 0 Å². The molecular formula is C14H21NO3. The lowest BCUT2D eigenvalue weighted by Gasteiger charge is -2.41. The lowest BCUT2D eigenvalue weighted by atomic mass is 9.90. The van der Waals surface area contributed by atoms with E-state index in [-0.39, 0.29) is 24.8 Å². The molecule has 1 heterocycles. The first-order valence-electron chi connectivity index (χ1n) is 6.30. The van der Waals surface area contributed by atoms with Gasteiger partial charge >= 0.3 is 0 Å². The minimum Gasteiger partial charge on any atom is -0.497 e. The van der Waals surface area contributed by atoms with Gasteiger partial charge in [-0.3, -0.25) is 4.90 Å². The molecule has 0 unspecified atom stereocenters. The van der Waals surface area contributed by atoms with Crippen molar-refractivity contribution in [2.45, 2.75) is 31.0 Å². The molecule has 1 aliphatic rings. The number of hydrogen-bond donors (Lipinski definition) is 2. The molecule has 1 fully saturated rings. The molecule has 0 aromatic heterocycles. The molecule has 1 aromatic carbocycles. The minimum absolute atomic E-state index is 0.0286. The smallest absolute Gasteiger partial charge is 0.118 e. The minimum atomic E-state index is -0.342. The second-order valence-corrected chi connectivity index (χ2v) is 4.92. The standard InChI is InChI=1S/C14H21NO3/c1-15-11(9-16)7-12(17)8-14(15)10-3-5-13(18-2)6-4-10/h3-6,11-12,14,16-17H,7-9H2,1-2H3/t11-,12-,14+/m0/s1. The predicted octanol–water partition coefficient (Wildman–Crippen LogP) is 1.18. The Morgan fingerprint density at radius 3 is 2.50 bits per heavy atom. The molecule has 0 aliphatic carbocycles. The molecule has 1 aromatic rings. The van der Waals surface area contributed by atoms with E-state index in [1.807, 2.05) is 31.3 Å². The SMILES string of the molecule is COc1ccc([C@H]2C[C@@H](O)C[C@@H](CO)N2C)cc1. The van der Waals surface area contributed by atoms with Crippen molar-refractivity contribution in [2.75, 3.05) is 20.8 Å². The summed E-state index contributed by atoms with van der Waals surface area (Å²) in [7, 11) is 3.65. The number of aliphatic hydroxyl groups is 2. The van der Waals surface area contributed by atoms with Crippen molar-refractivity contribution in [2.24, 2.45) is 0 Å². The van der Waals surface area contributed by atoms with Crippen LogP contribution in [0.15, 0.2) is 24.3 Å². The monoisotopic (exact) mass is 251 g/mol. The molecule has 18 heavy (non-hydrogen) atoms. The fourth-order valence-electron chi connectivity index (χ4n) is 2.66. The normalized spacial score (nSPS) is 29.2. The molecule has 1 saturated heterocycles. The van der Waals surface area contributed by atoms with Crippen molar-refractivity contribution in [1.29, 1.82) is 0 Å². The number of piperidine rings is 1. The first-order chi connectivity index (χ1) is 8.65. The Kier molecular flexibility index (Phi) is 4.22. The van der Waals surface area contributed by atoms with Crippen LogP contribution in [0.2, 0.25) is 0 Å². The average Bonchev–Trinajstić information content (AvgIpc) is 2.41. The van der Waals surface area contributed by atoms with Gasteiger partial charge in [0.05, 0.1) is 19.8 Å². The molecule has 0 saturated carbocycles. The summed E-state index contributed by atoms with van der Waals surface area (Å²) < 4.78 is 5.14. The van der Waals surface area contributed by atoms with E-state index in [4.69, 9.17) is 4.74 Å². The van der Waals surface area contributed by atoms with E-state index < -0.39 is 0 Å². The van der Waals surface area contributed by atoms with Gasteiger partial charge in [0, 0.05) is 12.1 Å². The van der Waals surface area contributed by atoms with Gasteiger partial charge in [-0.1, -0.05) is 12.1 Å². The van der Waals surface area contributed by atoms with Gasteiger partial charge in [-0.25, -0.2) is 0 Å². The van der Waals surface area contributed by atoms with Crippen molar-refractivity contribution in [3.8, 4) is 5.75 Å². The van der Waals surface area contributed by atoms with Gasteiger partial charge in [-0.05, 0) is 37.6 Å². The van der Waals surface area contributed by atoms with Gasteiger partial charge in [0.15, 0.2) is 0 Å². The number of rotatable bonds is 3. The van der Waals surface area contributed by atoms with Crippen LogP contribution in [0, 0.1) is 0 Å². The number of nitrogens with zero attached hydrogens (tertiary/aromatic N) is 1. The molecule has 2 rings (SSSR count). The van der Waals surface area contributed by atoms with E-state index in [0.717, 1.165) is 11.3 Å². The predicted molar refractivity (Wildman–Crippen MR) is 69.6 cm³/mol. The van der Waals surface area contributed by atoms with Crippen LogP contribution in [-0.2, 0) is 0 Å². The zero-order valence-electron chi connectivity index (χ0n) is 10.9. The topological polar surface area (TPSA) is 52.9 Å². The Labute approximate surface area is 108 Å². The zero-order valence-corrected chi connectivity index (χ0v) is 10.9. The van der Waals surface area contributed by atoms with Crippen LogP contribution in [0.5, 0.6) is 5.75 Å². The van der Waals surface area contributed by atoms with E-state index in [9.17, 15) is 10.2 Å². The molecule has 0 radical (unpaired) electrons. The fourth-order valence-corrected chi connectivity index (χ4v) is 2.66. The van der Waals surface area contributed by atoms with Crippen molar-refractivity contribution < 1.29 is 14.9 Å². The van der Waals surface area contributed by atoms with Gasteiger partial charge < -0.3 is 14.9 Å². The molecule has 2 N–H and O–H groups in total. The third-order valence-electron chi connectivity index (χ3n) is 3.82. The molecule has 0 amide bonds. The van der Waals surface area contributed by atoms with Gasteiger partial charge in [-0.15, -0.1) is 0 Å². The summed E-state index contributed by atoms with van der Waals surface area (Å²) in [6.45, 7) is 0.0835. The molecule has 4 nitrogen and oxygen atoms in total. The first-order valence-corrected chi connectivity index (χ1v) is 6.30. The van der Waals surface area contributed by atoms with Crippen molar-refractivity contribution in [1.82, 2.24) is 4.90 Å². The van der Waals surface area contributed by atoms with Gasteiger partial charge in [0.25, 0.3) is 0 Å². The molecule has 100 valence electrons. The summed E-state index contributed by atoms with van der Waals surface area (Å²) in [5, 5.41) is 19.3. The Morgan fingerprint density at radius 2 is 1.94 bits per heavy atom. The van der Waals surface area contributed by atoms with E-state index in [0.29, 0.717) is 12.8 Å². The van der Waals surface area contributed by atoms with E-state index in [1.54, 1.807) is 7.11 Å². The molecule has 0 spiro atoms. The number of likely N-dealkylation sites (tertiary alicyclic amines) is 1. The van der Waals surface area contributed by atoms with Crippen LogP contribution in [0.4, 0.5) is 0 Å². The third kappa shape index (κ3) is 2.66. The molecule has 3 atom stereocenters. The number of hydrogen-bond acceptors (Lipinski definition) is 4. The van der Waals surface area contributed by atoms with Crippen molar-refractivity contribution >= 4 is 0 Å². The Balaban J connectivity index is 2.18. The number of benzene rings is 1. The van der Waals surface area contributed by atoms with Crippen molar-refractivity contribution in [3.63, 3.8) is 0 Å². The lowest BCUT2D eigenvalue weighted by Crippen LogP contribution is -2.45. The second-order valence-electron chi connectivity index (χ2n) is 4.92. The highest BCUT2D eigenvalue weighted by Crippen LogP contribution is 2.33. The van der Waals surface area contributed by atoms with Gasteiger partial charge in [0.2, 0.25) is 0 Å². The Hall–Kier alpha value is -1.10. The van der Waals surface area contributed by atoms with Crippen LogP contribution < -0.4 is 4.74 Å². The maximum Gasteiger partial charge on any atom is 0.118 e. The largest absolute Gasteiger partial charge is 0.497 e. The quantitative estimate of drug-likeness (QED) is 0.847. The number of aliphatic hydroxyl groups excluding tert-OH is 2. The molecule has 4 heteroatoms. The van der Waals surface area contributed by atoms with Crippen LogP contribution >= 0.6 is 0 Å². The highest BCUT2D eigenvalue weighted by Gasteiger charge is 2.32. The van der Waals surface area contributed by atoms with Gasteiger partial charge in [0.1, 0.15) is 5.75 Å². The Morgan fingerprint density at radius 1 is 1.28 bits per heavy atom. The van der Waals surface area contributed by atoms with E-state index in [2.05, 4.69) is 4.90 Å². The summed E-state index contributed by atoms with van der Waals surface area (Å²) in [6, 6.07) is 8.08. The number of methoxy groups -OCH3 is 1. The maximum atomic E-state index is 9.90. The summed E-state index contributed by atoms with van der Waals surface area (Å²) in [4.78, 5) is 2.15. The highest BCUT2D eigenvalue weighted by atomic mass is 16.5. The summed E-state index contributed by atoms with van der Waals surface area (Å²) in [5.74, 6) is 0.830. The zero-order chi connectivity index (χ0) is 13.1. The van der Waals surface area contributed by atoms with Crippen LogP contribution in [-0.4, -0.2) is 48.0 Å². The van der Waals surface area contributed by atoms with Crippen LogP contribution in [0.25, 0.3) is 0 Å². The number of ether oxygens (including phenoxy) is 1. The molecule has 1 aliphatic heterocycles. The highest BCUT2D eigenvalue weighted by molar-refractivity contribution is 5.29. The van der Waals surface area contributed by atoms with E-state index >= 15 is 0 Å². The van der Waals surface area contributed by atoms with Gasteiger partial charge in [-0.2, -0.15) is 0 Å². The Bertz CT molecular complexity index is 379. The summed E-state index contributed by atoms with van der Waals surface area (Å²) >= 11 is 0. The second kappa shape index (κ2) is 5.69. The van der Waals surface area contributed by atoms with Crippen LogP contribution in [0.1, 0.15) is 24.4 Å². The summed E-state index contributed by atoms with van der Waals surface area (Å²) in [6.07, 6.45) is 1.00. The third-order valence-corrected chi connectivity index (χ3v) is 3.82. The van der Waals surface area contributed by atoms with Crippen molar-refractivity contribution in [3.05, 3.63) is 29.8 Å².